The standard InChI is InChI=1S/2C17H10ClN7O.C17H11N7O/c2*18-11-3-2-10(26-11)14-13(9-1-4-12-22-8-23-25(12)7-9)15-16(17(19)24-14)21-6-5-20-15;18-17-16-15(19-5-6-20-16)13(14(23-17)11-2-1-7-25-11)10-3-4-12-21-9-22-24(12)8-10/h2*1-8H,(H2,19,24);1-9H,(H2,18,23). The number of anilines is 3. The zero-order valence-electron chi connectivity index (χ0n) is 39.2. The van der Waals surface area contributed by atoms with E-state index in [0.29, 0.717) is 73.3 Å². The number of hydrogen-bond acceptors (Lipinski definition) is 21. The van der Waals surface area contributed by atoms with E-state index in [2.05, 4.69) is 75.1 Å². The maximum atomic E-state index is 6.11. The van der Waals surface area contributed by atoms with Crippen molar-refractivity contribution in [1.29, 1.82) is 0 Å². The molecule has 15 heterocycles. The van der Waals surface area contributed by atoms with Gasteiger partial charge in [-0.25, -0.2) is 58.4 Å². The Balaban J connectivity index is 0.000000110. The van der Waals surface area contributed by atoms with Crippen LogP contribution in [0.3, 0.4) is 0 Å². The van der Waals surface area contributed by atoms with Gasteiger partial charge in [-0.3, -0.25) is 15.0 Å². The third-order valence-corrected chi connectivity index (χ3v) is 12.4. The number of fused-ring (bicyclic) bond motifs is 6. The number of hydrogen-bond donors (Lipinski definition) is 3. The summed E-state index contributed by atoms with van der Waals surface area (Å²) in [5, 5.41) is 13.1. The quantitative estimate of drug-likeness (QED) is 0.140. The molecular formula is C51H31Cl2N21O3. The third-order valence-electron chi connectivity index (χ3n) is 12.0. The van der Waals surface area contributed by atoms with E-state index < -0.39 is 0 Å². The van der Waals surface area contributed by atoms with Crippen LogP contribution in [0.4, 0.5) is 17.5 Å². The van der Waals surface area contributed by atoms with Crippen molar-refractivity contribution in [2.45, 2.75) is 0 Å². The Labute approximate surface area is 440 Å². The lowest BCUT2D eigenvalue weighted by Gasteiger charge is -2.12. The number of nitrogen functional groups attached to an aromatic ring is 3. The molecule has 15 aromatic heterocycles. The SMILES string of the molecule is Nc1nc(-c2ccc(Cl)o2)c(-c2ccc3ncnn3c2)c2nccnc12.Nc1nc(-c2ccc(Cl)o2)c(-c2ccc3ncnn3c2)c2nccnc12.Nc1nc(-c2ccco2)c(-c2ccc3ncnn3c2)c2nccnc12. The number of aromatic nitrogens is 18. The first kappa shape index (κ1) is 46.0. The smallest absolute Gasteiger partial charge is 0.194 e. The molecule has 0 aromatic carbocycles. The molecular weight excluding hydrogens is 1030 g/mol. The minimum atomic E-state index is 0.261. The molecule has 24 nitrogen and oxygen atoms in total. The second-order valence-electron chi connectivity index (χ2n) is 16.5. The summed E-state index contributed by atoms with van der Waals surface area (Å²) in [5.41, 5.74) is 30.4. The van der Waals surface area contributed by atoms with Gasteiger partial charge in [-0.05, 0) is 96.0 Å². The summed E-state index contributed by atoms with van der Waals surface area (Å²) in [6.07, 6.45) is 21.2. The van der Waals surface area contributed by atoms with Crippen molar-refractivity contribution in [1.82, 2.24) is 88.6 Å². The maximum Gasteiger partial charge on any atom is 0.194 e. The highest BCUT2D eigenvalue weighted by Gasteiger charge is 2.24. The number of nitrogens with zero attached hydrogens (tertiary/aromatic N) is 18. The van der Waals surface area contributed by atoms with Gasteiger partial charge in [0, 0.05) is 89.2 Å². The average Bonchev–Trinajstić information content (AvgIpc) is 4.38. The second kappa shape index (κ2) is 18.9. The highest BCUT2D eigenvalue weighted by atomic mass is 35.5. The highest BCUT2D eigenvalue weighted by Crippen LogP contribution is 2.41. The Hall–Kier alpha value is -10.9. The van der Waals surface area contributed by atoms with Crippen LogP contribution in [0, 0.1) is 0 Å². The topological polar surface area (TPSA) is 324 Å². The predicted octanol–water partition coefficient (Wildman–Crippen LogP) is 9.04. The Morgan fingerprint density at radius 2 is 0.727 bits per heavy atom. The molecule has 15 aromatic rings. The number of rotatable bonds is 6. The van der Waals surface area contributed by atoms with Crippen molar-refractivity contribution in [3.8, 4) is 67.7 Å². The minimum Gasteiger partial charge on any atom is -0.463 e. The van der Waals surface area contributed by atoms with Crippen LogP contribution in [-0.2, 0) is 0 Å². The molecule has 0 aliphatic rings. The van der Waals surface area contributed by atoms with Crippen LogP contribution in [0.25, 0.3) is 118 Å². The van der Waals surface area contributed by atoms with Crippen molar-refractivity contribution in [2.24, 2.45) is 0 Å². The maximum absolute atomic E-state index is 6.11. The summed E-state index contributed by atoms with van der Waals surface area (Å²) < 4.78 is 21.7. The molecule has 15 rings (SSSR count). The van der Waals surface area contributed by atoms with Gasteiger partial charge in [0.25, 0.3) is 0 Å². The molecule has 0 aliphatic carbocycles. The molecule has 0 radical (unpaired) electrons. The molecule has 0 unspecified atom stereocenters. The Kier molecular flexibility index (Phi) is 11.3. The van der Waals surface area contributed by atoms with E-state index >= 15 is 0 Å². The fourth-order valence-electron chi connectivity index (χ4n) is 8.70. The summed E-state index contributed by atoms with van der Waals surface area (Å²) in [4.78, 5) is 52.4. The second-order valence-corrected chi connectivity index (χ2v) is 17.3. The fraction of sp³-hybridized carbons (Fsp3) is 0. The summed E-state index contributed by atoms with van der Waals surface area (Å²) in [7, 11) is 0. The van der Waals surface area contributed by atoms with E-state index in [-0.39, 0.29) is 22.1 Å². The lowest BCUT2D eigenvalue weighted by molar-refractivity contribution is 0.580. The lowest BCUT2D eigenvalue weighted by atomic mass is 10.0. The Bertz CT molecular complexity index is 4500. The van der Waals surface area contributed by atoms with Gasteiger partial charge in [-0.1, -0.05) is 0 Å². The molecule has 0 amide bonds. The molecule has 0 atom stereocenters. The van der Waals surface area contributed by atoms with E-state index in [1.807, 2.05) is 61.1 Å². The number of pyridine rings is 6. The molecule has 0 fully saturated rings. The van der Waals surface area contributed by atoms with E-state index in [0.717, 1.165) is 50.3 Å². The van der Waals surface area contributed by atoms with Gasteiger partial charge in [0.15, 0.2) is 62.1 Å². The minimum absolute atomic E-state index is 0.261. The number of furan rings is 3. The molecule has 0 aliphatic heterocycles. The van der Waals surface area contributed by atoms with Gasteiger partial charge in [0.1, 0.15) is 69.2 Å². The van der Waals surface area contributed by atoms with Crippen molar-refractivity contribution >= 4 is 90.7 Å². The van der Waals surface area contributed by atoms with Crippen molar-refractivity contribution < 1.29 is 13.3 Å². The van der Waals surface area contributed by atoms with Gasteiger partial charge in [0.05, 0.1) is 6.26 Å². The average molecular weight is 1060 g/mol. The van der Waals surface area contributed by atoms with Crippen LogP contribution in [-0.4, -0.2) is 88.6 Å². The number of halogens is 2. The Morgan fingerprint density at radius 1 is 0.377 bits per heavy atom. The van der Waals surface area contributed by atoms with Crippen molar-refractivity contribution in [3.05, 3.63) is 164 Å². The first-order valence-corrected chi connectivity index (χ1v) is 23.6. The van der Waals surface area contributed by atoms with Crippen LogP contribution in [0.1, 0.15) is 0 Å². The molecule has 372 valence electrons. The molecule has 0 bridgehead atoms. The van der Waals surface area contributed by atoms with Gasteiger partial charge in [-0.15, -0.1) is 0 Å². The summed E-state index contributed by atoms with van der Waals surface area (Å²) in [5.74, 6) is 2.42. The van der Waals surface area contributed by atoms with Crippen LogP contribution in [0.2, 0.25) is 10.4 Å². The van der Waals surface area contributed by atoms with Gasteiger partial charge in [-0.2, -0.15) is 15.3 Å². The molecule has 0 spiro atoms. The molecule has 0 saturated carbocycles. The third kappa shape index (κ3) is 8.37. The number of nitrogens with two attached hydrogens (primary N) is 3. The van der Waals surface area contributed by atoms with Gasteiger partial charge in [0.2, 0.25) is 0 Å². The summed E-state index contributed by atoms with van der Waals surface area (Å²) in [6, 6.07) is 21.8. The van der Waals surface area contributed by atoms with E-state index in [1.165, 1.54) is 19.0 Å². The van der Waals surface area contributed by atoms with Crippen LogP contribution in [0.5, 0.6) is 0 Å². The van der Waals surface area contributed by atoms with Gasteiger partial charge >= 0.3 is 0 Å². The predicted molar refractivity (Wildman–Crippen MR) is 284 cm³/mol. The molecule has 77 heavy (non-hydrogen) atoms. The van der Waals surface area contributed by atoms with Crippen LogP contribution >= 0.6 is 23.2 Å². The fourth-order valence-corrected chi connectivity index (χ4v) is 8.99. The van der Waals surface area contributed by atoms with E-state index in [9.17, 15) is 0 Å². The normalized spacial score (nSPS) is 11.4. The highest BCUT2D eigenvalue weighted by molar-refractivity contribution is 6.29. The largest absolute Gasteiger partial charge is 0.463 e. The zero-order valence-corrected chi connectivity index (χ0v) is 40.7. The summed E-state index contributed by atoms with van der Waals surface area (Å²) >= 11 is 11.9. The molecule has 26 heteroatoms. The van der Waals surface area contributed by atoms with Crippen LogP contribution in [0.15, 0.2) is 167 Å². The van der Waals surface area contributed by atoms with Crippen LogP contribution < -0.4 is 17.2 Å². The van der Waals surface area contributed by atoms with Crippen molar-refractivity contribution in [3.63, 3.8) is 0 Å². The first-order chi connectivity index (χ1) is 37.7. The molecule has 0 saturated heterocycles. The Morgan fingerprint density at radius 3 is 1.05 bits per heavy atom. The van der Waals surface area contributed by atoms with Crippen molar-refractivity contribution in [2.75, 3.05) is 17.2 Å². The molecule has 6 N–H and O–H groups in total. The lowest BCUT2D eigenvalue weighted by Crippen LogP contribution is -2.01. The zero-order chi connectivity index (χ0) is 52.1. The van der Waals surface area contributed by atoms with E-state index in [4.69, 9.17) is 53.7 Å². The first-order valence-electron chi connectivity index (χ1n) is 22.9. The van der Waals surface area contributed by atoms with E-state index in [1.54, 1.807) is 87.3 Å². The monoisotopic (exact) mass is 1060 g/mol. The van der Waals surface area contributed by atoms with Gasteiger partial charge < -0.3 is 30.5 Å². The summed E-state index contributed by atoms with van der Waals surface area (Å²) in [6.45, 7) is 0.